The quantitative estimate of drug-likeness (QED) is 0.558. The highest BCUT2D eigenvalue weighted by Gasteiger charge is 2.38. The first-order chi connectivity index (χ1) is 16.3. The number of ether oxygens (including phenoxy) is 1. The van der Waals surface area contributed by atoms with Crippen molar-refractivity contribution in [2.75, 3.05) is 77.0 Å². The van der Waals surface area contributed by atoms with Crippen LogP contribution in [0.2, 0.25) is 0 Å². The third-order valence-electron chi connectivity index (χ3n) is 6.92. The number of carbonyl (C=O) groups excluding carboxylic acids is 2. The van der Waals surface area contributed by atoms with Crippen molar-refractivity contribution in [1.82, 2.24) is 19.4 Å². The Hall–Kier alpha value is -2.05. The standard InChI is InChI=1S/C23H35N5O5S/c1-3-25-8-10-26(11-9-25)7-6-24-23(30)22-17-19-16-20(4-5-21(19)28(22)18(2)29)34(31,32)27-12-14-33-15-13-27/h4-5,16,22H,3,6-15,17H2,1-2H3,(H,24,30)/t22-/m0/s1. The molecule has 11 heteroatoms. The van der Waals surface area contributed by atoms with E-state index in [1.54, 1.807) is 12.1 Å². The molecule has 0 aliphatic carbocycles. The molecule has 0 aromatic heterocycles. The summed E-state index contributed by atoms with van der Waals surface area (Å²) in [6.45, 7) is 11.4. The van der Waals surface area contributed by atoms with Gasteiger partial charge in [0.05, 0.1) is 18.1 Å². The maximum absolute atomic E-state index is 13.1. The molecule has 4 rings (SSSR count). The summed E-state index contributed by atoms with van der Waals surface area (Å²) < 4.78 is 32.8. The van der Waals surface area contributed by atoms with Crippen molar-refractivity contribution < 1.29 is 22.7 Å². The monoisotopic (exact) mass is 493 g/mol. The Bertz CT molecular complexity index is 1000. The second-order valence-electron chi connectivity index (χ2n) is 8.98. The van der Waals surface area contributed by atoms with Crippen molar-refractivity contribution in [2.45, 2.75) is 31.2 Å². The molecule has 3 aliphatic rings. The van der Waals surface area contributed by atoms with Gasteiger partial charge in [0.25, 0.3) is 0 Å². The first-order valence-corrected chi connectivity index (χ1v) is 13.5. The Kier molecular flexibility index (Phi) is 7.88. The van der Waals surface area contributed by atoms with Crippen molar-refractivity contribution in [3.05, 3.63) is 23.8 Å². The minimum Gasteiger partial charge on any atom is -0.379 e. The van der Waals surface area contributed by atoms with Crippen molar-refractivity contribution in [3.8, 4) is 0 Å². The number of morpholine rings is 1. The van der Waals surface area contributed by atoms with E-state index in [0.717, 1.165) is 39.3 Å². The van der Waals surface area contributed by atoms with Gasteiger partial charge in [-0.25, -0.2) is 8.42 Å². The number of rotatable bonds is 7. The van der Waals surface area contributed by atoms with Gasteiger partial charge in [-0.1, -0.05) is 6.92 Å². The fourth-order valence-corrected chi connectivity index (χ4v) is 6.37. The molecule has 1 N–H and O–H groups in total. The van der Waals surface area contributed by atoms with Gasteiger partial charge in [-0.15, -0.1) is 0 Å². The third-order valence-corrected chi connectivity index (χ3v) is 8.82. The molecule has 0 unspecified atom stereocenters. The molecule has 0 bridgehead atoms. The van der Waals surface area contributed by atoms with Crippen LogP contribution in [0.4, 0.5) is 5.69 Å². The van der Waals surface area contributed by atoms with E-state index in [-0.39, 0.29) is 16.7 Å². The SMILES string of the molecule is CCN1CCN(CCNC(=O)[C@@H]2Cc3cc(S(=O)(=O)N4CCOCC4)ccc3N2C(C)=O)CC1. The number of likely N-dealkylation sites (N-methyl/N-ethyl adjacent to an activating group) is 1. The molecule has 3 aliphatic heterocycles. The highest BCUT2D eigenvalue weighted by molar-refractivity contribution is 7.89. The van der Waals surface area contributed by atoms with E-state index in [1.807, 2.05) is 0 Å². The topological polar surface area (TPSA) is 102 Å². The predicted octanol–water partition coefficient (Wildman–Crippen LogP) is -0.261. The first kappa shape index (κ1) is 25.1. The Labute approximate surface area is 201 Å². The number of fused-ring (bicyclic) bond motifs is 1. The van der Waals surface area contributed by atoms with Crippen molar-refractivity contribution in [3.63, 3.8) is 0 Å². The van der Waals surface area contributed by atoms with Gasteiger partial charge in [-0.2, -0.15) is 4.31 Å². The summed E-state index contributed by atoms with van der Waals surface area (Å²) >= 11 is 0. The van der Waals surface area contributed by atoms with Gasteiger partial charge in [0.2, 0.25) is 21.8 Å². The van der Waals surface area contributed by atoms with Crippen LogP contribution in [0.5, 0.6) is 0 Å². The van der Waals surface area contributed by atoms with Crippen LogP contribution in [0.3, 0.4) is 0 Å². The molecule has 1 aromatic carbocycles. The zero-order chi connectivity index (χ0) is 24.3. The molecule has 0 spiro atoms. The molecule has 10 nitrogen and oxygen atoms in total. The number of sulfonamides is 1. The van der Waals surface area contributed by atoms with Crippen LogP contribution in [0, 0.1) is 0 Å². The van der Waals surface area contributed by atoms with Crippen LogP contribution in [-0.4, -0.2) is 112 Å². The lowest BCUT2D eigenvalue weighted by Crippen LogP contribution is -2.51. The minimum absolute atomic E-state index is 0.184. The van der Waals surface area contributed by atoms with E-state index in [0.29, 0.717) is 50.5 Å². The van der Waals surface area contributed by atoms with E-state index >= 15 is 0 Å². The molecule has 1 aromatic rings. The molecule has 0 saturated carbocycles. The fraction of sp³-hybridized carbons (Fsp3) is 0.652. The normalized spacial score (nSPS) is 22.5. The lowest BCUT2D eigenvalue weighted by molar-refractivity contribution is -0.125. The van der Waals surface area contributed by atoms with Gasteiger partial charge >= 0.3 is 0 Å². The van der Waals surface area contributed by atoms with Crippen LogP contribution < -0.4 is 10.2 Å². The van der Waals surface area contributed by atoms with Crippen LogP contribution in [0.25, 0.3) is 0 Å². The molecule has 1 atom stereocenters. The number of nitrogens with zero attached hydrogens (tertiary/aromatic N) is 4. The number of amides is 2. The number of hydrogen-bond donors (Lipinski definition) is 1. The maximum Gasteiger partial charge on any atom is 0.243 e. The maximum atomic E-state index is 13.1. The summed E-state index contributed by atoms with van der Waals surface area (Å²) in [5, 5.41) is 2.98. The average molecular weight is 494 g/mol. The molecule has 0 radical (unpaired) electrons. The highest BCUT2D eigenvalue weighted by atomic mass is 32.2. The second kappa shape index (κ2) is 10.7. The van der Waals surface area contributed by atoms with E-state index in [2.05, 4.69) is 22.0 Å². The van der Waals surface area contributed by atoms with Crippen molar-refractivity contribution in [1.29, 1.82) is 0 Å². The number of carbonyl (C=O) groups is 2. The number of benzene rings is 1. The second-order valence-corrected chi connectivity index (χ2v) is 10.9. The smallest absolute Gasteiger partial charge is 0.243 e. The molecule has 2 saturated heterocycles. The summed E-state index contributed by atoms with van der Waals surface area (Å²) in [6, 6.07) is 4.10. The van der Waals surface area contributed by atoms with Crippen molar-refractivity contribution >= 4 is 27.5 Å². The third kappa shape index (κ3) is 5.28. The molecule has 34 heavy (non-hydrogen) atoms. The van der Waals surface area contributed by atoms with Crippen molar-refractivity contribution in [2.24, 2.45) is 0 Å². The molecule has 2 fully saturated rings. The zero-order valence-electron chi connectivity index (χ0n) is 20.0. The molecular formula is C23H35N5O5S. The largest absolute Gasteiger partial charge is 0.379 e. The molecule has 3 heterocycles. The van der Waals surface area contributed by atoms with Crippen LogP contribution in [0.15, 0.2) is 23.1 Å². The summed E-state index contributed by atoms with van der Waals surface area (Å²) in [7, 11) is -3.65. The van der Waals surface area contributed by atoms with Gasteiger partial charge in [-0.05, 0) is 30.3 Å². The van der Waals surface area contributed by atoms with E-state index in [1.165, 1.54) is 22.2 Å². The summed E-state index contributed by atoms with van der Waals surface area (Å²) in [5.41, 5.74) is 1.30. The van der Waals surface area contributed by atoms with Gasteiger partial charge in [0.15, 0.2) is 0 Å². The van der Waals surface area contributed by atoms with E-state index < -0.39 is 16.1 Å². The lowest BCUT2D eigenvalue weighted by atomic mass is 10.1. The number of piperazine rings is 1. The zero-order valence-corrected chi connectivity index (χ0v) is 20.8. The Morgan fingerprint density at radius 2 is 1.74 bits per heavy atom. The molecule has 188 valence electrons. The number of nitrogens with one attached hydrogen (secondary N) is 1. The van der Waals surface area contributed by atoms with Gasteiger partial charge < -0.3 is 15.0 Å². The van der Waals surface area contributed by atoms with Crippen LogP contribution in [0.1, 0.15) is 19.4 Å². The summed E-state index contributed by atoms with van der Waals surface area (Å²) in [6.07, 6.45) is 0.294. The first-order valence-electron chi connectivity index (χ1n) is 12.0. The fourth-order valence-electron chi connectivity index (χ4n) is 4.91. The van der Waals surface area contributed by atoms with E-state index in [9.17, 15) is 18.0 Å². The number of anilines is 1. The Morgan fingerprint density at radius 3 is 2.38 bits per heavy atom. The minimum atomic E-state index is -3.65. The van der Waals surface area contributed by atoms with Gasteiger partial charge in [0, 0.05) is 71.4 Å². The average Bonchev–Trinajstić information content (AvgIpc) is 3.24. The van der Waals surface area contributed by atoms with Gasteiger partial charge in [0.1, 0.15) is 6.04 Å². The number of hydrogen-bond acceptors (Lipinski definition) is 7. The molecular weight excluding hydrogens is 458 g/mol. The van der Waals surface area contributed by atoms with E-state index in [4.69, 9.17) is 4.74 Å². The molecule has 2 amide bonds. The van der Waals surface area contributed by atoms with Crippen LogP contribution >= 0.6 is 0 Å². The highest BCUT2D eigenvalue weighted by Crippen LogP contribution is 2.35. The predicted molar refractivity (Wildman–Crippen MR) is 128 cm³/mol. The van der Waals surface area contributed by atoms with Crippen LogP contribution in [-0.2, 0) is 30.8 Å². The summed E-state index contributed by atoms with van der Waals surface area (Å²) in [4.78, 5) is 31.9. The Morgan fingerprint density at radius 1 is 1.06 bits per heavy atom. The Balaban J connectivity index is 1.41. The summed E-state index contributed by atoms with van der Waals surface area (Å²) in [5.74, 6) is -0.449. The lowest BCUT2D eigenvalue weighted by Gasteiger charge is -2.34. The van der Waals surface area contributed by atoms with Gasteiger partial charge in [-0.3, -0.25) is 19.4 Å².